The molecule has 0 radical (unpaired) electrons. The smallest absolute Gasteiger partial charge is 0.305 e. The number of nitrogens with zero attached hydrogens (tertiary/aromatic N) is 3. The topological polar surface area (TPSA) is 113 Å². The molecule has 182 valence electrons. The molecule has 0 spiro atoms. The van der Waals surface area contributed by atoms with Gasteiger partial charge >= 0.3 is 4.87 Å². The van der Waals surface area contributed by atoms with Gasteiger partial charge in [-0.1, -0.05) is 17.4 Å². The molecule has 0 aromatic carbocycles. The van der Waals surface area contributed by atoms with Gasteiger partial charge in [-0.25, -0.2) is 0 Å². The largest absolute Gasteiger partial charge is 0.378 e. The van der Waals surface area contributed by atoms with Gasteiger partial charge in [-0.2, -0.15) is 0 Å². The summed E-state index contributed by atoms with van der Waals surface area (Å²) < 4.78 is 5.32. The molecule has 9 nitrogen and oxygen atoms in total. The van der Waals surface area contributed by atoms with E-state index in [4.69, 9.17) is 4.74 Å². The predicted octanol–water partition coefficient (Wildman–Crippen LogP) is 1.16. The number of imide groups is 1. The van der Waals surface area contributed by atoms with Gasteiger partial charge in [0.15, 0.2) is 0 Å². The Balaban J connectivity index is 1.22. The average Bonchev–Trinajstić information content (AvgIpc) is 3.61. The quantitative estimate of drug-likeness (QED) is 0.614. The standard InChI is InChI=1S/C24H24N4O5S2/c29-14(27-4-6-33-7-5-27)10-28-22(30)17-12-8-13(18(17)23(28)31)19-16(12)15(11-2-1-3-25-9-11)20-21(34-19)26-24(32)35-20/h1-3,9,12-13,15-19H,4-8,10H2,(H,26,32)/t12-,13-,15-,16-,17+,18-,19-/m1/s1. The molecule has 7 rings (SSSR count). The third-order valence-corrected chi connectivity index (χ3v) is 11.1. The summed E-state index contributed by atoms with van der Waals surface area (Å²) in [6.45, 7) is 1.75. The number of thioether (sulfide) groups is 1. The van der Waals surface area contributed by atoms with Crippen molar-refractivity contribution in [2.45, 2.75) is 22.6 Å². The lowest BCUT2D eigenvalue weighted by atomic mass is 9.68. The Morgan fingerprint density at radius 1 is 1.14 bits per heavy atom. The number of hydrogen-bond acceptors (Lipinski definition) is 8. The maximum absolute atomic E-state index is 13.6. The summed E-state index contributed by atoms with van der Waals surface area (Å²) >= 11 is 2.90. The Morgan fingerprint density at radius 2 is 1.91 bits per heavy atom. The van der Waals surface area contributed by atoms with Crippen molar-refractivity contribution in [2.24, 2.45) is 29.6 Å². The van der Waals surface area contributed by atoms with Crippen LogP contribution in [0.4, 0.5) is 0 Å². The van der Waals surface area contributed by atoms with Crippen LogP contribution in [0.5, 0.6) is 0 Å². The number of ether oxygens (including phenoxy) is 1. The highest BCUT2D eigenvalue weighted by Gasteiger charge is 2.69. The normalized spacial score (nSPS) is 35.3. The van der Waals surface area contributed by atoms with Crippen molar-refractivity contribution in [1.29, 1.82) is 0 Å². The number of aromatic nitrogens is 2. The molecule has 2 aromatic rings. The van der Waals surface area contributed by atoms with Crippen LogP contribution in [0.3, 0.4) is 0 Å². The summed E-state index contributed by atoms with van der Waals surface area (Å²) in [5, 5.41) is 1.02. The minimum atomic E-state index is -0.386. The summed E-state index contributed by atoms with van der Waals surface area (Å²) in [4.78, 5) is 63.4. The maximum atomic E-state index is 13.6. The minimum absolute atomic E-state index is 0.0308. The fourth-order valence-electron chi connectivity index (χ4n) is 7.22. The minimum Gasteiger partial charge on any atom is -0.378 e. The molecule has 3 aliphatic heterocycles. The fraction of sp³-hybridized carbons (Fsp3) is 0.542. The van der Waals surface area contributed by atoms with E-state index in [1.807, 2.05) is 18.3 Å². The van der Waals surface area contributed by atoms with E-state index in [0.717, 1.165) is 21.9 Å². The van der Waals surface area contributed by atoms with Crippen molar-refractivity contribution in [3.63, 3.8) is 0 Å². The predicted molar refractivity (Wildman–Crippen MR) is 127 cm³/mol. The van der Waals surface area contributed by atoms with Gasteiger partial charge in [0.25, 0.3) is 0 Å². The van der Waals surface area contributed by atoms with Crippen LogP contribution in [0.2, 0.25) is 0 Å². The lowest BCUT2D eigenvalue weighted by molar-refractivity contribution is -0.148. The zero-order valence-corrected chi connectivity index (χ0v) is 20.4. The van der Waals surface area contributed by atoms with E-state index in [0.29, 0.717) is 26.3 Å². The highest BCUT2D eigenvalue weighted by atomic mass is 32.2. The van der Waals surface area contributed by atoms with Gasteiger partial charge in [0.05, 0.1) is 30.1 Å². The first-order valence-corrected chi connectivity index (χ1v) is 13.7. The van der Waals surface area contributed by atoms with E-state index >= 15 is 0 Å². The molecule has 3 amide bonds. The number of rotatable bonds is 3. The number of aromatic amines is 1. The number of amides is 3. The molecule has 2 aliphatic carbocycles. The number of fused-ring (bicyclic) bond motifs is 9. The molecule has 2 bridgehead atoms. The summed E-state index contributed by atoms with van der Waals surface area (Å²) in [6.07, 6.45) is 4.42. The molecule has 1 N–H and O–H groups in total. The van der Waals surface area contributed by atoms with Gasteiger partial charge in [-0.05, 0) is 35.8 Å². The lowest BCUT2D eigenvalue weighted by Gasteiger charge is -2.42. The zero-order chi connectivity index (χ0) is 23.8. The molecule has 2 aromatic heterocycles. The SMILES string of the molecule is O=C(CN1C(=O)[C@@H]2[C@H]3C[C@@H]([C@@H]2C1=O)[C@@H]1[C@@H](c2cccnc2)c2sc(=O)[nH]c2S[C@H]31)N1CCOCC1. The Bertz CT molecular complexity index is 1270. The van der Waals surface area contributed by atoms with Gasteiger partial charge < -0.3 is 14.6 Å². The fourth-order valence-corrected chi connectivity index (χ4v) is 10.1. The summed E-state index contributed by atoms with van der Waals surface area (Å²) in [5.41, 5.74) is 1.04. The van der Waals surface area contributed by atoms with Crippen LogP contribution in [0.1, 0.15) is 22.8 Å². The molecule has 5 heterocycles. The Kier molecular flexibility index (Phi) is 4.98. The van der Waals surface area contributed by atoms with Crippen LogP contribution in [-0.4, -0.2) is 75.6 Å². The molecule has 5 aliphatic rings. The van der Waals surface area contributed by atoms with Crippen LogP contribution >= 0.6 is 23.1 Å². The van der Waals surface area contributed by atoms with Crippen LogP contribution in [-0.2, 0) is 19.1 Å². The summed E-state index contributed by atoms with van der Waals surface area (Å²) in [6, 6.07) is 3.94. The van der Waals surface area contributed by atoms with Crippen molar-refractivity contribution in [1.82, 2.24) is 19.8 Å². The first kappa shape index (κ1) is 21.8. The van der Waals surface area contributed by atoms with Crippen LogP contribution < -0.4 is 4.87 Å². The number of thiazole rings is 1. The zero-order valence-electron chi connectivity index (χ0n) is 18.8. The maximum Gasteiger partial charge on any atom is 0.305 e. The number of carbonyl (C=O) groups excluding carboxylic acids is 3. The van der Waals surface area contributed by atoms with Crippen LogP contribution in [0, 0.1) is 29.6 Å². The number of H-pyrrole nitrogens is 1. The van der Waals surface area contributed by atoms with Crippen molar-refractivity contribution in [3.8, 4) is 0 Å². The third kappa shape index (κ3) is 3.14. The second kappa shape index (κ2) is 8.01. The Labute approximate surface area is 209 Å². The number of carbonyl (C=O) groups is 3. The van der Waals surface area contributed by atoms with E-state index in [9.17, 15) is 19.2 Å². The second-order valence-corrected chi connectivity index (χ2v) is 12.2. The molecule has 2 saturated heterocycles. The van der Waals surface area contributed by atoms with E-state index in [-0.39, 0.29) is 69.9 Å². The Morgan fingerprint density at radius 3 is 2.66 bits per heavy atom. The third-order valence-electron chi connectivity index (χ3n) is 8.52. The molecule has 35 heavy (non-hydrogen) atoms. The second-order valence-electron chi connectivity index (χ2n) is 10.0. The van der Waals surface area contributed by atoms with Gasteiger partial charge in [0.1, 0.15) is 6.54 Å². The summed E-state index contributed by atoms with van der Waals surface area (Å²) in [5.74, 6) is -1.15. The van der Waals surface area contributed by atoms with Crippen LogP contribution in [0.15, 0.2) is 34.3 Å². The van der Waals surface area contributed by atoms with Crippen LogP contribution in [0.25, 0.3) is 0 Å². The van der Waals surface area contributed by atoms with Gasteiger partial charge in [-0.15, -0.1) is 11.8 Å². The molecule has 4 fully saturated rings. The van der Waals surface area contributed by atoms with E-state index in [1.54, 1.807) is 22.9 Å². The number of likely N-dealkylation sites (tertiary alicyclic amines) is 1. The van der Waals surface area contributed by atoms with Gasteiger partial charge in [0.2, 0.25) is 17.7 Å². The average molecular weight is 513 g/mol. The molecular weight excluding hydrogens is 488 g/mol. The van der Waals surface area contributed by atoms with E-state index < -0.39 is 0 Å². The van der Waals surface area contributed by atoms with Crippen molar-refractivity contribution in [3.05, 3.63) is 44.6 Å². The van der Waals surface area contributed by atoms with Gasteiger partial charge in [-0.3, -0.25) is 29.1 Å². The van der Waals surface area contributed by atoms with Crippen molar-refractivity contribution >= 4 is 40.8 Å². The molecule has 7 atom stereocenters. The number of nitrogens with one attached hydrogen (secondary N) is 1. The monoisotopic (exact) mass is 512 g/mol. The number of morpholine rings is 1. The van der Waals surface area contributed by atoms with Crippen molar-refractivity contribution < 1.29 is 19.1 Å². The Hall–Kier alpha value is -2.50. The molecule has 2 saturated carbocycles. The molecule has 11 heteroatoms. The molecule has 0 unspecified atom stereocenters. The number of hydrogen-bond donors (Lipinski definition) is 1. The highest BCUT2D eigenvalue weighted by Crippen LogP contribution is 2.68. The van der Waals surface area contributed by atoms with E-state index in [1.165, 1.54) is 16.2 Å². The van der Waals surface area contributed by atoms with E-state index in [2.05, 4.69) is 9.97 Å². The number of pyridine rings is 1. The first-order valence-electron chi connectivity index (χ1n) is 12.0. The first-order chi connectivity index (χ1) is 17.0. The highest BCUT2D eigenvalue weighted by molar-refractivity contribution is 8.00. The lowest BCUT2D eigenvalue weighted by Crippen LogP contribution is -2.47. The van der Waals surface area contributed by atoms with Gasteiger partial charge in [0, 0.05) is 41.5 Å². The molecular formula is C24H24N4O5S2. The summed E-state index contributed by atoms with van der Waals surface area (Å²) in [7, 11) is 0. The van der Waals surface area contributed by atoms with Crippen molar-refractivity contribution in [2.75, 3.05) is 32.8 Å².